The summed E-state index contributed by atoms with van der Waals surface area (Å²) in [4.78, 5) is 25.5. The minimum Gasteiger partial charge on any atom is -0.504 e. The van der Waals surface area contributed by atoms with Gasteiger partial charge in [0, 0.05) is 11.1 Å². The van der Waals surface area contributed by atoms with Crippen molar-refractivity contribution in [1.29, 1.82) is 0 Å². The second-order valence-corrected chi connectivity index (χ2v) is 7.71. The molecular formula is C26H25NO6. The van der Waals surface area contributed by atoms with E-state index < -0.39 is 11.5 Å². The monoisotopic (exact) mass is 447 g/mol. The molecule has 3 aromatic rings. The summed E-state index contributed by atoms with van der Waals surface area (Å²) < 4.78 is 16.8. The average Bonchev–Trinajstić information content (AvgIpc) is 3.07. The van der Waals surface area contributed by atoms with Crippen LogP contribution in [0.5, 0.6) is 23.0 Å². The van der Waals surface area contributed by atoms with Gasteiger partial charge in [0.15, 0.2) is 17.2 Å². The van der Waals surface area contributed by atoms with Crippen molar-refractivity contribution in [2.45, 2.75) is 18.9 Å². The summed E-state index contributed by atoms with van der Waals surface area (Å²) in [7, 11) is 4.62. The number of aromatic hydroxyl groups is 1. The Hall–Kier alpha value is -4.00. The molecule has 33 heavy (non-hydrogen) atoms. The van der Waals surface area contributed by atoms with Crippen molar-refractivity contribution >= 4 is 5.91 Å². The van der Waals surface area contributed by atoms with E-state index in [1.807, 2.05) is 12.1 Å². The number of nitrogens with one attached hydrogen (secondary N) is 1. The van der Waals surface area contributed by atoms with Crippen molar-refractivity contribution < 1.29 is 24.1 Å². The van der Waals surface area contributed by atoms with Gasteiger partial charge in [-0.15, -0.1) is 0 Å². The average molecular weight is 447 g/mol. The predicted octanol–water partition coefficient (Wildman–Crippen LogP) is 3.86. The van der Waals surface area contributed by atoms with E-state index in [1.54, 1.807) is 37.4 Å². The lowest BCUT2D eigenvalue weighted by molar-refractivity contribution is 0.0935. The van der Waals surface area contributed by atoms with Crippen LogP contribution in [0, 0.1) is 0 Å². The van der Waals surface area contributed by atoms with Gasteiger partial charge in [0.05, 0.1) is 27.4 Å². The summed E-state index contributed by atoms with van der Waals surface area (Å²) in [6.45, 7) is 0. The molecule has 0 spiro atoms. The molecule has 0 aliphatic heterocycles. The summed E-state index contributed by atoms with van der Waals surface area (Å²) in [6, 6.07) is 14.7. The topological polar surface area (TPSA) is 94.1 Å². The number of methoxy groups -OCH3 is 3. The van der Waals surface area contributed by atoms with Gasteiger partial charge < -0.3 is 24.6 Å². The maximum absolute atomic E-state index is 13.0. The molecule has 4 rings (SSSR count). The molecule has 2 N–H and O–H groups in total. The van der Waals surface area contributed by atoms with Crippen molar-refractivity contribution in [1.82, 2.24) is 5.32 Å². The molecule has 0 saturated heterocycles. The number of aryl methyl sites for hydroxylation is 1. The Morgan fingerprint density at radius 1 is 0.970 bits per heavy atom. The predicted molar refractivity (Wildman–Crippen MR) is 124 cm³/mol. The van der Waals surface area contributed by atoms with Gasteiger partial charge in [-0.25, -0.2) is 0 Å². The second-order valence-electron chi connectivity index (χ2n) is 7.71. The lowest BCUT2D eigenvalue weighted by atomic mass is 9.95. The van der Waals surface area contributed by atoms with E-state index in [0.29, 0.717) is 46.8 Å². The van der Waals surface area contributed by atoms with Crippen LogP contribution in [0.2, 0.25) is 0 Å². The van der Waals surface area contributed by atoms with Crippen LogP contribution in [0.1, 0.15) is 33.9 Å². The molecule has 0 saturated carbocycles. The van der Waals surface area contributed by atoms with Crippen molar-refractivity contribution in [3.63, 3.8) is 0 Å². The molecule has 170 valence electrons. The Morgan fingerprint density at radius 2 is 1.70 bits per heavy atom. The van der Waals surface area contributed by atoms with E-state index in [2.05, 4.69) is 5.32 Å². The quantitative estimate of drug-likeness (QED) is 0.617. The van der Waals surface area contributed by atoms with Gasteiger partial charge in [-0.05, 0) is 59.9 Å². The van der Waals surface area contributed by atoms with Gasteiger partial charge in [0.1, 0.15) is 0 Å². The maximum Gasteiger partial charge on any atom is 0.251 e. The molecule has 0 aromatic heterocycles. The van der Waals surface area contributed by atoms with Gasteiger partial charge in [-0.2, -0.15) is 0 Å². The molecule has 1 aliphatic carbocycles. The van der Waals surface area contributed by atoms with Crippen molar-refractivity contribution in [2.75, 3.05) is 21.3 Å². The minimum atomic E-state index is -0.530. The zero-order valence-corrected chi connectivity index (χ0v) is 18.7. The highest BCUT2D eigenvalue weighted by atomic mass is 16.5. The highest BCUT2D eigenvalue weighted by Crippen LogP contribution is 2.50. The SMILES string of the molecule is COc1cc2c(c(OC)c1OC)-c1ccc(O)c(=O)cc1[C@H](NC(=O)c1ccccc1)CC2. The molecule has 7 nitrogen and oxygen atoms in total. The van der Waals surface area contributed by atoms with Gasteiger partial charge in [0.2, 0.25) is 11.2 Å². The normalized spacial score (nSPS) is 14.3. The first kappa shape index (κ1) is 22.2. The number of hydrogen-bond donors (Lipinski definition) is 2. The molecule has 0 radical (unpaired) electrons. The van der Waals surface area contributed by atoms with E-state index in [1.165, 1.54) is 26.4 Å². The van der Waals surface area contributed by atoms with E-state index in [9.17, 15) is 14.7 Å². The van der Waals surface area contributed by atoms with Crippen LogP contribution in [-0.2, 0) is 6.42 Å². The van der Waals surface area contributed by atoms with Gasteiger partial charge in [-0.3, -0.25) is 9.59 Å². The van der Waals surface area contributed by atoms with Gasteiger partial charge in [0.25, 0.3) is 5.91 Å². The standard InChI is InChI=1S/C26H25NO6/c1-31-22-13-16-9-11-19(27-26(30)15-7-5-4-6-8-15)18-14-21(29)20(28)12-10-17(18)23(16)25(33-3)24(22)32-2/h4-8,10,12-14,19H,9,11H2,1-3H3,(H,27,30)(H,28,29)/t19-/m1/s1. The number of fused-ring (bicyclic) bond motifs is 3. The summed E-state index contributed by atoms with van der Waals surface area (Å²) >= 11 is 0. The number of hydrogen-bond acceptors (Lipinski definition) is 6. The highest BCUT2D eigenvalue weighted by molar-refractivity contribution is 5.94. The molecular weight excluding hydrogens is 422 g/mol. The number of benzene rings is 2. The molecule has 7 heteroatoms. The second kappa shape index (κ2) is 9.24. The fourth-order valence-corrected chi connectivity index (χ4v) is 4.29. The molecule has 1 amide bonds. The number of amides is 1. The number of rotatable bonds is 5. The third-order valence-corrected chi connectivity index (χ3v) is 5.86. The molecule has 0 fully saturated rings. The zero-order chi connectivity index (χ0) is 23.5. The first-order valence-corrected chi connectivity index (χ1v) is 10.5. The summed E-state index contributed by atoms with van der Waals surface area (Å²) in [5.74, 6) is 0.782. The summed E-state index contributed by atoms with van der Waals surface area (Å²) in [5.41, 5.74) is 2.90. The summed E-state index contributed by atoms with van der Waals surface area (Å²) in [5, 5.41) is 13.2. The van der Waals surface area contributed by atoms with Gasteiger partial charge >= 0.3 is 0 Å². The van der Waals surface area contributed by atoms with Crippen molar-refractivity contribution in [3.8, 4) is 34.1 Å². The lowest BCUT2D eigenvalue weighted by Crippen LogP contribution is -2.29. The van der Waals surface area contributed by atoms with E-state index in [-0.39, 0.29) is 11.7 Å². The van der Waals surface area contributed by atoms with Crippen LogP contribution in [0.4, 0.5) is 0 Å². The molecule has 3 aromatic carbocycles. The Morgan fingerprint density at radius 3 is 2.36 bits per heavy atom. The smallest absolute Gasteiger partial charge is 0.251 e. The Balaban J connectivity index is 1.94. The third-order valence-electron chi connectivity index (χ3n) is 5.86. The molecule has 1 atom stereocenters. The molecule has 0 heterocycles. The van der Waals surface area contributed by atoms with Crippen LogP contribution >= 0.6 is 0 Å². The Bertz CT molecular complexity index is 1260. The fourth-order valence-electron chi connectivity index (χ4n) is 4.29. The van der Waals surface area contributed by atoms with E-state index in [4.69, 9.17) is 14.2 Å². The fraction of sp³-hybridized carbons (Fsp3) is 0.231. The largest absolute Gasteiger partial charge is 0.504 e. The zero-order valence-electron chi connectivity index (χ0n) is 18.7. The van der Waals surface area contributed by atoms with Crippen LogP contribution in [0.25, 0.3) is 11.1 Å². The van der Waals surface area contributed by atoms with Crippen molar-refractivity contribution in [2.24, 2.45) is 0 Å². The maximum atomic E-state index is 13.0. The Kier molecular flexibility index (Phi) is 6.22. The lowest BCUT2D eigenvalue weighted by Gasteiger charge is -2.20. The van der Waals surface area contributed by atoms with Crippen LogP contribution < -0.4 is 25.0 Å². The van der Waals surface area contributed by atoms with Crippen LogP contribution in [-0.4, -0.2) is 32.3 Å². The van der Waals surface area contributed by atoms with Gasteiger partial charge in [-0.1, -0.05) is 24.3 Å². The van der Waals surface area contributed by atoms with Crippen LogP contribution in [0.15, 0.2) is 59.4 Å². The third kappa shape index (κ3) is 4.09. The highest BCUT2D eigenvalue weighted by Gasteiger charge is 2.29. The summed E-state index contributed by atoms with van der Waals surface area (Å²) in [6.07, 6.45) is 1.12. The minimum absolute atomic E-state index is 0.247. The number of ether oxygens (including phenoxy) is 3. The van der Waals surface area contributed by atoms with E-state index in [0.717, 1.165) is 11.1 Å². The first-order chi connectivity index (χ1) is 16.0. The Labute approximate surface area is 191 Å². The number of carbonyl (C=O) groups excluding carboxylic acids is 1. The first-order valence-electron chi connectivity index (χ1n) is 10.5. The van der Waals surface area contributed by atoms with Crippen LogP contribution in [0.3, 0.4) is 0 Å². The molecule has 1 aliphatic rings. The van der Waals surface area contributed by atoms with E-state index >= 15 is 0 Å². The molecule has 0 unspecified atom stereocenters. The number of carbonyl (C=O) groups is 1. The molecule has 0 bridgehead atoms. The van der Waals surface area contributed by atoms with Crippen molar-refractivity contribution in [3.05, 3.63) is 81.5 Å².